The largest absolute Gasteiger partial charge is 0.389 e. The van der Waals surface area contributed by atoms with Crippen molar-refractivity contribution in [3.05, 3.63) is 22.7 Å². The van der Waals surface area contributed by atoms with Gasteiger partial charge in [-0.05, 0) is 34.6 Å². The van der Waals surface area contributed by atoms with Crippen LogP contribution >= 0.6 is 0 Å². The van der Waals surface area contributed by atoms with Crippen LogP contribution in [0.25, 0.3) is 0 Å². The van der Waals surface area contributed by atoms with Crippen LogP contribution in [0.3, 0.4) is 0 Å². The van der Waals surface area contributed by atoms with Gasteiger partial charge in [-0.3, -0.25) is 4.79 Å². The minimum Gasteiger partial charge on any atom is -0.389 e. The van der Waals surface area contributed by atoms with Crippen molar-refractivity contribution in [2.45, 2.75) is 45.8 Å². The Labute approximate surface area is 102 Å². The Balaban J connectivity index is 3.00. The quantitative estimate of drug-likeness (QED) is 0.831. The first kappa shape index (κ1) is 13.7. The maximum absolute atomic E-state index is 12.1. The summed E-state index contributed by atoms with van der Waals surface area (Å²) in [5, 5.41) is 12.5. The highest BCUT2D eigenvalue weighted by atomic mass is 16.3. The van der Waals surface area contributed by atoms with Crippen LogP contribution in [0.2, 0.25) is 0 Å². The van der Waals surface area contributed by atoms with Crippen LogP contribution in [0.5, 0.6) is 0 Å². The van der Waals surface area contributed by atoms with E-state index in [4.69, 9.17) is 0 Å². The number of nitrogens with zero attached hydrogens (tertiary/aromatic N) is 2. The molecule has 0 aliphatic carbocycles. The molecule has 2 N–H and O–H groups in total. The summed E-state index contributed by atoms with van der Waals surface area (Å²) in [4.78, 5) is 16.1. The fourth-order valence-electron chi connectivity index (χ4n) is 1.36. The monoisotopic (exact) mass is 239 g/mol. The second-order valence-corrected chi connectivity index (χ2v) is 5.79. The molecule has 0 bridgehead atoms. The maximum Gasteiger partial charge on any atom is 0.293 e. The van der Waals surface area contributed by atoms with Gasteiger partial charge in [-0.1, -0.05) is 0 Å². The third-order valence-electron chi connectivity index (χ3n) is 2.25. The molecule has 0 saturated carbocycles. The normalized spacial score (nSPS) is 12.6. The van der Waals surface area contributed by atoms with Gasteiger partial charge >= 0.3 is 0 Å². The molecule has 5 nitrogen and oxygen atoms in total. The first-order valence-corrected chi connectivity index (χ1v) is 5.66. The first-order valence-electron chi connectivity index (χ1n) is 5.66. The zero-order valence-electron chi connectivity index (χ0n) is 11.1. The van der Waals surface area contributed by atoms with Crippen molar-refractivity contribution < 1.29 is 5.11 Å². The minimum absolute atomic E-state index is 0.177. The van der Waals surface area contributed by atoms with Crippen LogP contribution in [0.15, 0.2) is 17.2 Å². The highest BCUT2D eigenvalue weighted by Crippen LogP contribution is 2.11. The van der Waals surface area contributed by atoms with Gasteiger partial charge in [0.15, 0.2) is 5.82 Å². The molecule has 0 radical (unpaired) electrons. The number of aromatic nitrogens is 2. The fourth-order valence-corrected chi connectivity index (χ4v) is 1.36. The molecule has 0 spiro atoms. The molecule has 0 unspecified atom stereocenters. The lowest BCUT2D eigenvalue weighted by molar-refractivity contribution is 0.0944. The van der Waals surface area contributed by atoms with E-state index >= 15 is 0 Å². The number of hydrogen-bond acceptors (Lipinski definition) is 4. The third kappa shape index (κ3) is 3.85. The van der Waals surface area contributed by atoms with E-state index in [1.165, 1.54) is 0 Å². The van der Waals surface area contributed by atoms with Crippen molar-refractivity contribution in [3.63, 3.8) is 0 Å². The summed E-state index contributed by atoms with van der Waals surface area (Å²) in [7, 11) is 0. The third-order valence-corrected chi connectivity index (χ3v) is 2.25. The minimum atomic E-state index is -0.878. The highest BCUT2D eigenvalue weighted by molar-refractivity contribution is 5.31. The zero-order chi connectivity index (χ0) is 13.3. The molecule has 1 heterocycles. The molecular formula is C12H21N3O2. The molecule has 5 heteroatoms. The van der Waals surface area contributed by atoms with Crippen molar-refractivity contribution in [2.75, 3.05) is 11.9 Å². The van der Waals surface area contributed by atoms with E-state index in [0.717, 1.165) is 0 Å². The lowest BCUT2D eigenvalue weighted by Crippen LogP contribution is -2.37. The predicted octanol–water partition coefficient (Wildman–Crippen LogP) is 1.18. The van der Waals surface area contributed by atoms with Crippen molar-refractivity contribution in [2.24, 2.45) is 0 Å². The van der Waals surface area contributed by atoms with Crippen LogP contribution in [-0.2, 0) is 5.54 Å². The van der Waals surface area contributed by atoms with Crippen LogP contribution < -0.4 is 10.9 Å². The van der Waals surface area contributed by atoms with E-state index in [0.29, 0.717) is 0 Å². The average Bonchev–Trinajstić information content (AvgIpc) is 2.13. The standard InChI is InChI=1S/C12H21N3O2/c1-11(2,3)15-7-6-13-9(10(15)16)14-8-12(4,5)17/h6-7,17H,8H2,1-5H3,(H,13,14). The Kier molecular flexibility index (Phi) is 3.62. The van der Waals surface area contributed by atoms with Gasteiger partial charge in [0.25, 0.3) is 5.56 Å². The van der Waals surface area contributed by atoms with Crippen molar-refractivity contribution in [1.29, 1.82) is 0 Å². The number of nitrogens with one attached hydrogen (secondary N) is 1. The van der Waals surface area contributed by atoms with Gasteiger partial charge in [0.1, 0.15) is 0 Å². The summed E-state index contributed by atoms with van der Waals surface area (Å²) >= 11 is 0. The van der Waals surface area contributed by atoms with E-state index in [9.17, 15) is 9.90 Å². The zero-order valence-corrected chi connectivity index (χ0v) is 11.1. The molecule has 96 valence electrons. The molecule has 0 saturated heterocycles. The van der Waals surface area contributed by atoms with Gasteiger partial charge in [0.2, 0.25) is 0 Å². The number of rotatable bonds is 3. The Morgan fingerprint density at radius 3 is 2.41 bits per heavy atom. The summed E-state index contributed by atoms with van der Waals surface area (Å²) in [6.07, 6.45) is 3.25. The van der Waals surface area contributed by atoms with Gasteiger partial charge in [0, 0.05) is 24.5 Å². The lowest BCUT2D eigenvalue weighted by atomic mass is 10.1. The Morgan fingerprint density at radius 2 is 1.94 bits per heavy atom. The van der Waals surface area contributed by atoms with Crippen LogP contribution in [0, 0.1) is 0 Å². The van der Waals surface area contributed by atoms with Crippen molar-refractivity contribution in [3.8, 4) is 0 Å². The topological polar surface area (TPSA) is 67.2 Å². The van der Waals surface area contributed by atoms with E-state index in [1.54, 1.807) is 30.8 Å². The Hall–Kier alpha value is -1.36. The molecule has 1 rings (SSSR count). The fraction of sp³-hybridized carbons (Fsp3) is 0.667. The van der Waals surface area contributed by atoms with Crippen molar-refractivity contribution in [1.82, 2.24) is 9.55 Å². The SMILES string of the molecule is CC(C)(O)CNc1nccn(C(C)(C)C)c1=O. The Morgan fingerprint density at radius 1 is 1.35 bits per heavy atom. The van der Waals surface area contributed by atoms with Gasteiger partial charge < -0.3 is 15.0 Å². The van der Waals surface area contributed by atoms with E-state index in [1.807, 2.05) is 20.8 Å². The summed E-state index contributed by atoms with van der Waals surface area (Å²) in [5.41, 5.74) is -1.34. The molecule has 0 aliphatic heterocycles. The van der Waals surface area contributed by atoms with Crippen LogP contribution in [0.1, 0.15) is 34.6 Å². The van der Waals surface area contributed by atoms with Gasteiger partial charge in [0.05, 0.1) is 5.60 Å². The number of hydrogen-bond donors (Lipinski definition) is 2. The smallest absolute Gasteiger partial charge is 0.293 e. The van der Waals surface area contributed by atoms with E-state index in [-0.39, 0.29) is 23.5 Å². The second-order valence-electron chi connectivity index (χ2n) is 5.79. The molecule has 17 heavy (non-hydrogen) atoms. The molecular weight excluding hydrogens is 218 g/mol. The summed E-state index contributed by atoms with van der Waals surface area (Å²) < 4.78 is 1.62. The van der Waals surface area contributed by atoms with Gasteiger partial charge in [-0.2, -0.15) is 0 Å². The molecule has 1 aromatic heterocycles. The predicted molar refractivity (Wildman–Crippen MR) is 68.3 cm³/mol. The molecule has 0 amide bonds. The van der Waals surface area contributed by atoms with Crippen LogP contribution in [0.4, 0.5) is 5.82 Å². The van der Waals surface area contributed by atoms with Gasteiger partial charge in [-0.15, -0.1) is 0 Å². The van der Waals surface area contributed by atoms with Gasteiger partial charge in [-0.25, -0.2) is 4.98 Å². The Bertz CT molecular complexity index is 438. The maximum atomic E-state index is 12.1. The highest BCUT2D eigenvalue weighted by Gasteiger charge is 2.18. The molecule has 1 aromatic rings. The van der Waals surface area contributed by atoms with E-state index < -0.39 is 5.60 Å². The molecule has 0 aliphatic rings. The second kappa shape index (κ2) is 4.49. The molecule has 0 atom stereocenters. The van der Waals surface area contributed by atoms with Crippen molar-refractivity contribution >= 4 is 5.82 Å². The average molecular weight is 239 g/mol. The van der Waals surface area contributed by atoms with Crippen LogP contribution in [-0.4, -0.2) is 26.8 Å². The molecule has 0 aromatic carbocycles. The van der Waals surface area contributed by atoms with E-state index in [2.05, 4.69) is 10.3 Å². The lowest BCUT2D eigenvalue weighted by Gasteiger charge is -2.23. The number of anilines is 1. The number of aliphatic hydroxyl groups is 1. The molecule has 0 fully saturated rings. The summed E-state index contributed by atoms with van der Waals surface area (Å²) in [5.74, 6) is 0.268. The summed E-state index contributed by atoms with van der Waals surface area (Å²) in [6.45, 7) is 9.48. The first-order chi connectivity index (χ1) is 7.61. The summed E-state index contributed by atoms with van der Waals surface area (Å²) in [6, 6.07) is 0.